The third-order valence-electron chi connectivity index (χ3n) is 4.25. The first kappa shape index (κ1) is 19.4. The summed E-state index contributed by atoms with van der Waals surface area (Å²) >= 11 is 6.22. The molecule has 1 atom stereocenters. The number of aromatic nitrogens is 2. The van der Waals surface area contributed by atoms with E-state index in [1.54, 1.807) is 6.08 Å². The van der Waals surface area contributed by atoms with E-state index in [2.05, 4.69) is 11.7 Å². The second kappa shape index (κ2) is 7.74. The fourth-order valence-corrected chi connectivity index (χ4v) is 3.18. The monoisotopic (exact) mass is 399 g/mol. The SMILES string of the molecule is C=CCOC1CCN(c2cnn(-c3cccc(C(F)(F)F)c3)c(=O)c2Cl)C1. The fraction of sp³-hybridized carbons (Fsp3) is 0.333. The third kappa shape index (κ3) is 4.17. The molecule has 1 aromatic carbocycles. The van der Waals surface area contributed by atoms with E-state index in [0.29, 0.717) is 25.4 Å². The van der Waals surface area contributed by atoms with Crippen LogP contribution in [0.25, 0.3) is 5.69 Å². The fourth-order valence-electron chi connectivity index (χ4n) is 2.93. The summed E-state index contributed by atoms with van der Waals surface area (Å²) in [7, 11) is 0. The molecule has 1 aliphatic heterocycles. The molecule has 0 radical (unpaired) electrons. The summed E-state index contributed by atoms with van der Waals surface area (Å²) in [6.07, 6.45) is -0.710. The lowest BCUT2D eigenvalue weighted by atomic mass is 10.2. The molecule has 144 valence electrons. The Balaban J connectivity index is 1.89. The number of hydrogen-bond acceptors (Lipinski definition) is 4. The summed E-state index contributed by atoms with van der Waals surface area (Å²) in [4.78, 5) is 14.5. The van der Waals surface area contributed by atoms with E-state index in [-0.39, 0.29) is 16.8 Å². The van der Waals surface area contributed by atoms with Gasteiger partial charge in [-0.25, -0.2) is 0 Å². The second-order valence-corrected chi connectivity index (χ2v) is 6.47. The van der Waals surface area contributed by atoms with Crippen LogP contribution in [0.15, 0.2) is 47.9 Å². The first-order chi connectivity index (χ1) is 12.8. The van der Waals surface area contributed by atoms with Gasteiger partial charge < -0.3 is 9.64 Å². The first-order valence-corrected chi connectivity index (χ1v) is 8.62. The Labute approximate surface area is 158 Å². The van der Waals surface area contributed by atoms with Gasteiger partial charge >= 0.3 is 6.18 Å². The van der Waals surface area contributed by atoms with E-state index >= 15 is 0 Å². The molecular formula is C18H17ClF3N3O2. The molecule has 0 amide bonds. The van der Waals surface area contributed by atoms with Crippen molar-refractivity contribution in [1.82, 2.24) is 9.78 Å². The molecule has 1 fully saturated rings. The second-order valence-electron chi connectivity index (χ2n) is 6.09. The quantitative estimate of drug-likeness (QED) is 0.719. The number of benzene rings is 1. The molecule has 27 heavy (non-hydrogen) atoms. The summed E-state index contributed by atoms with van der Waals surface area (Å²) in [5.74, 6) is 0. The van der Waals surface area contributed by atoms with Gasteiger partial charge in [0.15, 0.2) is 0 Å². The van der Waals surface area contributed by atoms with Crippen molar-refractivity contribution in [2.45, 2.75) is 18.7 Å². The predicted molar refractivity (Wildman–Crippen MR) is 96.6 cm³/mol. The highest BCUT2D eigenvalue weighted by molar-refractivity contribution is 6.33. The van der Waals surface area contributed by atoms with E-state index in [1.165, 1.54) is 18.3 Å². The summed E-state index contributed by atoms with van der Waals surface area (Å²) < 4.78 is 45.2. The Morgan fingerprint density at radius 2 is 2.19 bits per heavy atom. The Hall–Kier alpha value is -2.32. The minimum Gasteiger partial charge on any atom is -0.372 e. The van der Waals surface area contributed by atoms with Crippen LogP contribution in [0.2, 0.25) is 5.02 Å². The average molecular weight is 400 g/mol. The molecule has 1 aliphatic rings. The van der Waals surface area contributed by atoms with E-state index in [9.17, 15) is 18.0 Å². The van der Waals surface area contributed by atoms with Crippen LogP contribution in [0.1, 0.15) is 12.0 Å². The van der Waals surface area contributed by atoms with E-state index in [4.69, 9.17) is 16.3 Å². The zero-order valence-electron chi connectivity index (χ0n) is 14.2. The summed E-state index contributed by atoms with van der Waals surface area (Å²) in [5.41, 5.74) is -1.11. The van der Waals surface area contributed by atoms with Crippen LogP contribution in [0.3, 0.4) is 0 Å². The van der Waals surface area contributed by atoms with Crippen molar-refractivity contribution >= 4 is 17.3 Å². The number of ether oxygens (including phenoxy) is 1. The zero-order valence-corrected chi connectivity index (χ0v) is 15.0. The van der Waals surface area contributed by atoms with Crippen molar-refractivity contribution in [1.29, 1.82) is 0 Å². The van der Waals surface area contributed by atoms with E-state index < -0.39 is 17.3 Å². The average Bonchev–Trinajstić information content (AvgIpc) is 3.10. The van der Waals surface area contributed by atoms with Gasteiger partial charge in [0, 0.05) is 13.1 Å². The van der Waals surface area contributed by atoms with Gasteiger partial charge in [0.05, 0.1) is 35.8 Å². The Kier molecular flexibility index (Phi) is 5.57. The van der Waals surface area contributed by atoms with Gasteiger partial charge in [-0.05, 0) is 24.6 Å². The van der Waals surface area contributed by atoms with E-state index in [1.807, 2.05) is 4.90 Å². The standard InChI is InChI=1S/C18H17ClF3N3O2/c1-2-8-27-14-6-7-24(11-14)15-10-23-25(17(26)16(15)19)13-5-3-4-12(9-13)18(20,21)22/h2-5,9-10,14H,1,6-8,11H2. The molecule has 2 aromatic rings. The molecule has 0 N–H and O–H groups in total. The van der Waals surface area contributed by atoms with Gasteiger partial charge in [-0.3, -0.25) is 4.79 Å². The lowest BCUT2D eigenvalue weighted by Crippen LogP contribution is -2.28. The van der Waals surface area contributed by atoms with Crippen LogP contribution in [0.5, 0.6) is 0 Å². The highest BCUT2D eigenvalue weighted by Gasteiger charge is 2.31. The predicted octanol–water partition coefficient (Wildman–Crippen LogP) is 3.69. The number of halogens is 4. The van der Waals surface area contributed by atoms with Crippen molar-refractivity contribution in [2.24, 2.45) is 0 Å². The molecule has 9 heteroatoms. The Morgan fingerprint density at radius 1 is 1.41 bits per heavy atom. The van der Waals surface area contributed by atoms with Gasteiger partial charge in [0.1, 0.15) is 5.02 Å². The van der Waals surface area contributed by atoms with Crippen LogP contribution in [-0.4, -0.2) is 35.6 Å². The van der Waals surface area contributed by atoms with Crippen molar-refractivity contribution in [3.05, 3.63) is 64.1 Å². The summed E-state index contributed by atoms with van der Waals surface area (Å²) in [6, 6.07) is 4.38. The molecular weight excluding hydrogens is 383 g/mol. The highest BCUT2D eigenvalue weighted by atomic mass is 35.5. The largest absolute Gasteiger partial charge is 0.416 e. The van der Waals surface area contributed by atoms with Gasteiger partial charge in [-0.2, -0.15) is 23.0 Å². The number of rotatable bonds is 5. The number of anilines is 1. The summed E-state index contributed by atoms with van der Waals surface area (Å²) in [6.45, 7) is 5.21. The van der Waals surface area contributed by atoms with Crippen LogP contribution in [-0.2, 0) is 10.9 Å². The van der Waals surface area contributed by atoms with Crippen LogP contribution < -0.4 is 10.5 Å². The third-order valence-corrected chi connectivity index (χ3v) is 4.61. The Bertz CT molecular complexity index is 898. The zero-order chi connectivity index (χ0) is 19.6. The molecule has 0 saturated carbocycles. The molecule has 3 rings (SSSR count). The van der Waals surface area contributed by atoms with Gasteiger partial charge in [0.25, 0.3) is 5.56 Å². The first-order valence-electron chi connectivity index (χ1n) is 8.24. The van der Waals surface area contributed by atoms with Crippen LogP contribution in [0.4, 0.5) is 18.9 Å². The van der Waals surface area contributed by atoms with Gasteiger partial charge in [-0.1, -0.05) is 23.7 Å². The molecule has 0 bridgehead atoms. The minimum atomic E-state index is -4.51. The molecule has 1 unspecified atom stereocenters. The van der Waals surface area contributed by atoms with Gasteiger partial charge in [0.2, 0.25) is 0 Å². The maximum atomic E-state index is 12.9. The smallest absolute Gasteiger partial charge is 0.372 e. The molecule has 1 saturated heterocycles. The van der Waals surface area contributed by atoms with Crippen molar-refractivity contribution < 1.29 is 17.9 Å². The normalized spacial score (nSPS) is 17.3. The molecule has 2 heterocycles. The van der Waals surface area contributed by atoms with Crippen molar-refractivity contribution in [3.63, 3.8) is 0 Å². The highest BCUT2D eigenvalue weighted by Crippen LogP contribution is 2.30. The molecule has 0 spiro atoms. The summed E-state index contributed by atoms with van der Waals surface area (Å²) in [5, 5.41) is 3.93. The molecule has 0 aliphatic carbocycles. The van der Waals surface area contributed by atoms with Crippen LogP contribution >= 0.6 is 11.6 Å². The molecule has 1 aromatic heterocycles. The minimum absolute atomic E-state index is 0.00288. The number of alkyl halides is 3. The molecule has 5 nitrogen and oxygen atoms in total. The maximum Gasteiger partial charge on any atom is 0.416 e. The topological polar surface area (TPSA) is 47.4 Å². The number of hydrogen-bond donors (Lipinski definition) is 0. The maximum absolute atomic E-state index is 12.9. The van der Waals surface area contributed by atoms with Crippen LogP contribution in [0, 0.1) is 0 Å². The van der Waals surface area contributed by atoms with Crippen molar-refractivity contribution in [3.8, 4) is 5.69 Å². The van der Waals surface area contributed by atoms with E-state index in [0.717, 1.165) is 23.2 Å². The van der Waals surface area contributed by atoms with Crippen molar-refractivity contribution in [2.75, 3.05) is 24.6 Å². The Morgan fingerprint density at radius 3 is 2.89 bits per heavy atom. The number of nitrogens with zero attached hydrogens (tertiary/aromatic N) is 3. The lowest BCUT2D eigenvalue weighted by molar-refractivity contribution is -0.137. The lowest BCUT2D eigenvalue weighted by Gasteiger charge is -2.20. The van der Waals surface area contributed by atoms with Gasteiger partial charge in [-0.15, -0.1) is 6.58 Å².